The number of nitrogens with one attached hydrogen (secondary N) is 2. The van der Waals surface area contributed by atoms with Crippen molar-refractivity contribution in [3.8, 4) is 0 Å². The van der Waals surface area contributed by atoms with Gasteiger partial charge in [-0.25, -0.2) is 22.9 Å². The third kappa shape index (κ3) is 3.82. The van der Waals surface area contributed by atoms with E-state index in [1.54, 1.807) is 14.0 Å². The fourth-order valence-corrected chi connectivity index (χ4v) is 3.56. The lowest BCUT2D eigenvalue weighted by Crippen LogP contribution is -2.36. The summed E-state index contributed by atoms with van der Waals surface area (Å²) in [5.74, 6) is 0.429. The first-order valence-electron chi connectivity index (χ1n) is 7.38. The Hall–Kier alpha value is -2.20. The van der Waals surface area contributed by atoms with E-state index in [1.807, 2.05) is 0 Å². The van der Waals surface area contributed by atoms with Crippen LogP contribution in [0.25, 0.3) is 11.2 Å². The molecule has 2 N–H and O–H groups in total. The van der Waals surface area contributed by atoms with E-state index in [0.717, 1.165) is 4.57 Å². The van der Waals surface area contributed by atoms with Crippen LogP contribution in [0.4, 0.5) is 0 Å². The SMILES string of the molecule is C=C(C)CS(=O)(=O)NCCCc1nc2c([nH]1)c(=O)n(C)c(=O)n2C. The molecule has 0 aliphatic carbocycles. The Morgan fingerprint density at radius 3 is 2.58 bits per heavy atom. The Labute approximate surface area is 139 Å². The topological polar surface area (TPSA) is 119 Å². The van der Waals surface area contributed by atoms with Gasteiger partial charge < -0.3 is 4.98 Å². The second-order valence-corrected chi connectivity index (χ2v) is 7.61. The molecule has 0 aliphatic rings. The summed E-state index contributed by atoms with van der Waals surface area (Å²) in [7, 11) is -0.418. The van der Waals surface area contributed by atoms with Crippen LogP contribution in [-0.2, 0) is 30.5 Å². The third-order valence-electron chi connectivity index (χ3n) is 3.49. The molecule has 0 radical (unpaired) electrons. The molecule has 0 saturated heterocycles. The summed E-state index contributed by atoms with van der Waals surface area (Å²) in [5.41, 5.74) is 0.238. The average Bonchev–Trinajstić information content (AvgIpc) is 2.90. The first-order valence-corrected chi connectivity index (χ1v) is 9.04. The molecule has 2 aromatic heterocycles. The van der Waals surface area contributed by atoms with E-state index in [4.69, 9.17) is 0 Å². The van der Waals surface area contributed by atoms with Gasteiger partial charge >= 0.3 is 5.69 Å². The lowest BCUT2D eigenvalue weighted by Gasteiger charge is -2.05. The largest absolute Gasteiger partial charge is 0.336 e. The predicted molar refractivity (Wildman–Crippen MR) is 91.5 cm³/mol. The van der Waals surface area contributed by atoms with Gasteiger partial charge in [-0.1, -0.05) is 12.2 Å². The number of nitrogens with zero attached hydrogens (tertiary/aromatic N) is 3. The number of hydrogen-bond donors (Lipinski definition) is 2. The molecule has 0 aromatic carbocycles. The minimum Gasteiger partial charge on any atom is -0.336 e. The van der Waals surface area contributed by atoms with E-state index in [1.165, 1.54) is 11.6 Å². The average molecular weight is 355 g/mol. The number of rotatable bonds is 7. The molecule has 0 atom stereocenters. The highest BCUT2D eigenvalue weighted by molar-refractivity contribution is 7.89. The summed E-state index contributed by atoms with van der Waals surface area (Å²) in [4.78, 5) is 31.1. The van der Waals surface area contributed by atoms with Crippen LogP contribution in [0, 0.1) is 0 Å². The second-order valence-electron chi connectivity index (χ2n) is 5.80. The smallest absolute Gasteiger partial charge is 0.332 e. The maximum atomic E-state index is 12.1. The molecule has 0 spiro atoms. The van der Waals surface area contributed by atoms with Crippen molar-refractivity contribution in [3.05, 3.63) is 38.8 Å². The molecule has 0 aliphatic heterocycles. The van der Waals surface area contributed by atoms with Crippen molar-refractivity contribution in [2.45, 2.75) is 19.8 Å². The third-order valence-corrected chi connectivity index (χ3v) is 5.01. The Morgan fingerprint density at radius 2 is 1.96 bits per heavy atom. The summed E-state index contributed by atoms with van der Waals surface area (Å²) in [6.07, 6.45) is 0.950. The van der Waals surface area contributed by atoms with Crippen molar-refractivity contribution < 1.29 is 8.42 Å². The number of hydrogen-bond acceptors (Lipinski definition) is 5. The number of sulfonamides is 1. The molecular weight excluding hydrogens is 334 g/mol. The first kappa shape index (κ1) is 18.1. The zero-order valence-corrected chi connectivity index (χ0v) is 14.7. The molecule has 132 valence electrons. The predicted octanol–water partition coefficient (Wildman–Crippen LogP) is -0.612. The maximum absolute atomic E-state index is 12.1. The van der Waals surface area contributed by atoms with Gasteiger partial charge in [-0.05, 0) is 13.3 Å². The molecule has 9 nitrogen and oxygen atoms in total. The highest BCUT2D eigenvalue weighted by Crippen LogP contribution is 2.06. The van der Waals surface area contributed by atoms with Crippen molar-refractivity contribution in [1.29, 1.82) is 0 Å². The van der Waals surface area contributed by atoms with Crippen LogP contribution in [0.1, 0.15) is 19.2 Å². The molecule has 0 amide bonds. The summed E-state index contributed by atoms with van der Waals surface area (Å²) >= 11 is 0. The van der Waals surface area contributed by atoms with Gasteiger partial charge in [0.25, 0.3) is 5.56 Å². The van der Waals surface area contributed by atoms with E-state index in [-0.39, 0.29) is 17.8 Å². The quantitative estimate of drug-likeness (QED) is 0.507. The number of aromatic amines is 1. The normalized spacial score (nSPS) is 12.0. The fraction of sp³-hybridized carbons (Fsp3) is 0.500. The Balaban J connectivity index is 2.09. The zero-order chi connectivity index (χ0) is 18.1. The van der Waals surface area contributed by atoms with Crippen LogP contribution in [0.3, 0.4) is 0 Å². The molecule has 2 heterocycles. The van der Waals surface area contributed by atoms with Crippen LogP contribution >= 0.6 is 0 Å². The van der Waals surface area contributed by atoms with Crippen molar-refractivity contribution in [2.75, 3.05) is 12.3 Å². The number of fused-ring (bicyclic) bond motifs is 1. The highest BCUT2D eigenvalue weighted by Gasteiger charge is 2.14. The van der Waals surface area contributed by atoms with Crippen LogP contribution in [0.2, 0.25) is 0 Å². The van der Waals surface area contributed by atoms with Crippen LogP contribution in [-0.4, -0.2) is 39.8 Å². The zero-order valence-electron chi connectivity index (χ0n) is 13.9. The van der Waals surface area contributed by atoms with Gasteiger partial charge in [0.15, 0.2) is 5.65 Å². The van der Waals surface area contributed by atoms with Crippen LogP contribution in [0.5, 0.6) is 0 Å². The number of aromatic nitrogens is 4. The number of H-pyrrole nitrogens is 1. The summed E-state index contributed by atoms with van der Waals surface area (Å²) in [5, 5.41) is 0. The Morgan fingerprint density at radius 1 is 1.29 bits per heavy atom. The summed E-state index contributed by atoms with van der Waals surface area (Å²) < 4.78 is 28.2. The van der Waals surface area contributed by atoms with Crippen molar-refractivity contribution in [2.24, 2.45) is 14.1 Å². The first-order chi connectivity index (χ1) is 11.1. The molecule has 24 heavy (non-hydrogen) atoms. The van der Waals surface area contributed by atoms with Crippen LogP contribution in [0.15, 0.2) is 21.7 Å². The minimum atomic E-state index is -3.36. The summed E-state index contributed by atoms with van der Waals surface area (Å²) in [6.45, 7) is 5.48. The maximum Gasteiger partial charge on any atom is 0.332 e. The van der Waals surface area contributed by atoms with Crippen LogP contribution < -0.4 is 16.0 Å². The van der Waals surface area contributed by atoms with E-state index in [9.17, 15) is 18.0 Å². The van der Waals surface area contributed by atoms with Gasteiger partial charge in [0.2, 0.25) is 10.0 Å². The number of aryl methyl sites for hydroxylation is 2. The molecule has 10 heteroatoms. The monoisotopic (exact) mass is 355 g/mol. The van der Waals surface area contributed by atoms with E-state index in [2.05, 4.69) is 21.3 Å². The molecule has 0 fully saturated rings. The standard InChI is InChI=1S/C14H21N5O4S/c1-9(2)8-24(22,23)15-7-5-6-10-16-11-12(17-10)18(3)14(21)19(4)13(11)20/h15H,1,5-8H2,2-4H3,(H,16,17). The van der Waals surface area contributed by atoms with Crippen molar-refractivity contribution in [1.82, 2.24) is 23.8 Å². The van der Waals surface area contributed by atoms with E-state index in [0.29, 0.717) is 29.9 Å². The minimum absolute atomic E-state index is 0.101. The van der Waals surface area contributed by atoms with Gasteiger partial charge in [-0.2, -0.15) is 0 Å². The Kier molecular flexibility index (Phi) is 5.09. The van der Waals surface area contributed by atoms with Crippen molar-refractivity contribution in [3.63, 3.8) is 0 Å². The number of imidazole rings is 1. The molecule has 0 unspecified atom stereocenters. The molecular formula is C14H21N5O4S. The van der Waals surface area contributed by atoms with Gasteiger partial charge in [0, 0.05) is 27.1 Å². The highest BCUT2D eigenvalue weighted by atomic mass is 32.2. The summed E-state index contributed by atoms with van der Waals surface area (Å²) in [6, 6.07) is 0. The fourth-order valence-electron chi connectivity index (χ4n) is 2.35. The Bertz CT molecular complexity index is 997. The molecule has 0 saturated carbocycles. The second kappa shape index (κ2) is 6.73. The van der Waals surface area contributed by atoms with Gasteiger partial charge in [0.1, 0.15) is 11.3 Å². The van der Waals surface area contributed by atoms with Crippen molar-refractivity contribution >= 4 is 21.2 Å². The van der Waals surface area contributed by atoms with E-state index >= 15 is 0 Å². The van der Waals surface area contributed by atoms with Gasteiger partial charge in [-0.15, -0.1) is 0 Å². The lowest BCUT2D eigenvalue weighted by molar-refractivity contribution is 0.580. The van der Waals surface area contributed by atoms with E-state index < -0.39 is 21.3 Å². The lowest BCUT2D eigenvalue weighted by atomic mass is 10.3. The molecule has 2 rings (SSSR count). The molecule has 0 bridgehead atoms. The molecule has 2 aromatic rings. The van der Waals surface area contributed by atoms with Gasteiger partial charge in [0.05, 0.1) is 5.75 Å². The van der Waals surface area contributed by atoms with Gasteiger partial charge in [-0.3, -0.25) is 13.9 Å².